The lowest BCUT2D eigenvalue weighted by Crippen LogP contribution is -2.16. The summed E-state index contributed by atoms with van der Waals surface area (Å²) < 4.78 is 13.6. The van der Waals surface area contributed by atoms with Crippen LogP contribution in [0.15, 0.2) is 39.5 Å². The van der Waals surface area contributed by atoms with Gasteiger partial charge in [0.25, 0.3) is 0 Å². The maximum absolute atomic E-state index is 13.1. The fourth-order valence-corrected chi connectivity index (χ4v) is 2.79. The molecule has 0 fully saturated rings. The van der Waals surface area contributed by atoms with Crippen LogP contribution in [0.2, 0.25) is 0 Å². The third-order valence-electron chi connectivity index (χ3n) is 2.47. The third-order valence-corrected chi connectivity index (χ3v) is 3.81. The summed E-state index contributed by atoms with van der Waals surface area (Å²) in [5, 5.41) is 4.23. The Morgan fingerprint density at radius 1 is 1.24 bits per heavy atom. The van der Waals surface area contributed by atoms with Crippen molar-refractivity contribution >= 4 is 27.3 Å². The smallest absolute Gasteiger partial charge is 0.137 e. The number of hydrogen-bond acceptors (Lipinski definition) is 2. The molecule has 0 saturated carbocycles. The fraction of sp³-hybridized carbons (Fsp3) is 0.231. The van der Waals surface area contributed by atoms with Crippen LogP contribution in [0.3, 0.4) is 0 Å². The third kappa shape index (κ3) is 3.63. The van der Waals surface area contributed by atoms with E-state index in [0.29, 0.717) is 4.47 Å². The molecule has 1 aromatic carbocycles. The average Bonchev–Trinajstić information content (AvgIpc) is 2.76. The first-order chi connectivity index (χ1) is 8.15. The molecule has 0 aliphatic heterocycles. The molecular weight excluding hydrogens is 301 g/mol. The summed E-state index contributed by atoms with van der Waals surface area (Å²) in [4.78, 5) is 2.21. The predicted octanol–water partition coefficient (Wildman–Crippen LogP) is 4.28. The molecule has 0 bridgehead atoms. The summed E-state index contributed by atoms with van der Waals surface area (Å²) in [5.74, 6) is -0.214. The van der Waals surface area contributed by atoms with Gasteiger partial charge >= 0.3 is 0 Å². The Morgan fingerprint density at radius 3 is 2.65 bits per heavy atom. The van der Waals surface area contributed by atoms with Gasteiger partial charge in [-0.1, -0.05) is 6.07 Å². The van der Waals surface area contributed by atoms with Gasteiger partial charge in [0, 0.05) is 13.1 Å². The van der Waals surface area contributed by atoms with Crippen molar-refractivity contribution in [3.63, 3.8) is 0 Å². The summed E-state index contributed by atoms with van der Waals surface area (Å²) >= 11 is 4.91. The highest BCUT2D eigenvalue weighted by Crippen LogP contribution is 2.18. The molecule has 90 valence electrons. The Morgan fingerprint density at radius 2 is 2.00 bits per heavy atom. The van der Waals surface area contributed by atoms with Gasteiger partial charge in [0.2, 0.25) is 0 Å². The lowest BCUT2D eigenvalue weighted by molar-refractivity contribution is 0.319. The van der Waals surface area contributed by atoms with Gasteiger partial charge in [-0.3, -0.25) is 4.90 Å². The average molecular weight is 314 g/mol. The van der Waals surface area contributed by atoms with Gasteiger partial charge in [-0.25, -0.2) is 4.39 Å². The van der Waals surface area contributed by atoms with Crippen LogP contribution in [0.25, 0.3) is 0 Å². The van der Waals surface area contributed by atoms with Crippen molar-refractivity contribution < 1.29 is 4.39 Å². The maximum Gasteiger partial charge on any atom is 0.137 e. The van der Waals surface area contributed by atoms with E-state index in [1.165, 1.54) is 11.6 Å². The minimum absolute atomic E-state index is 0.214. The second-order valence-corrected chi connectivity index (χ2v) is 5.69. The molecule has 1 nitrogen and oxygen atoms in total. The van der Waals surface area contributed by atoms with Gasteiger partial charge in [0.1, 0.15) is 5.82 Å². The van der Waals surface area contributed by atoms with Crippen molar-refractivity contribution in [3.8, 4) is 0 Å². The van der Waals surface area contributed by atoms with Crippen molar-refractivity contribution in [2.75, 3.05) is 7.05 Å². The van der Waals surface area contributed by atoms with Gasteiger partial charge in [-0.2, -0.15) is 11.3 Å². The number of halogens is 2. The Balaban J connectivity index is 1.98. The summed E-state index contributed by atoms with van der Waals surface area (Å²) in [6.45, 7) is 1.73. The first-order valence-corrected chi connectivity index (χ1v) is 7.02. The molecule has 0 amide bonds. The molecule has 0 saturated heterocycles. The van der Waals surface area contributed by atoms with Gasteiger partial charge in [0.15, 0.2) is 0 Å². The molecule has 2 aromatic rings. The second-order valence-electron chi connectivity index (χ2n) is 4.05. The Kier molecular flexibility index (Phi) is 4.31. The molecule has 1 aromatic heterocycles. The fourth-order valence-electron chi connectivity index (χ4n) is 1.70. The molecule has 0 radical (unpaired) electrons. The van der Waals surface area contributed by atoms with Crippen molar-refractivity contribution in [2.45, 2.75) is 13.1 Å². The van der Waals surface area contributed by atoms with E-state index in [1.807, 2.05) is 12.1 Å². The molecule has 2 rings (SSSR count). The number of rotatable bonds is 4. The number of thiophene rings is 1. The van der Waals surface area contributed by atoms with Crippen LogP contribution in [0.4, 0.5) is 4.39 Å². The minimum atomic E-state index is -0.214. The number of benzene rings is 1. The van der Waals surface area contributed by atoms with Crippen LogP contribution in [-0.4, -0.2) is 11.9 Å². The lowest BCUT2D eigenvalue weighted by Gasteiger charge is -2.16. The van der Waals surface area contributed by atoms with Gasteiger partial charge in [-0.15, -0.1) is 0 Å². The Bertz CT molecular complexity index is 484. The molecule has 17 heavy (non-hydrogen) atoms. The monoisotopic (exact) mass is 313 g/mol. The Labute approximate surface area is 113 Å². The summed E-state index contributed by atoms with van der Waals surface area (Å²) in [6, 6.07) is 7.28. The van der Waals surface area contributed by atoms with Crippen LogP contribution in [-0.2, 0) is 13.1 Å². The van der Waals surface area contributed by atoms with Gasteiger partial charge < -0.3 is 0 Å². The summed E-state index contributed by atoms with van der Waals surface area (Å²) in [7, 11) is 2.06. The van der Waals surface area contributed by atoms with Crippen molar-refractivity contribution in [3.05, 3.63) is 56.4 Å². The van der Waals surface area contributed by atoms with E-state index in [4.69, 9.17) is 0 Å². The second kappa shape index (κ2) is 5.76. The summed E-state index contributed by atoms with van der Waals surface area (Å²) in [6.07, 6.45) is 0. The van der Waals surface area contributed by atoms with E-state index >= 15 is 0 Å². The molecule has 4 heteroatoms. The summed E-state index contributed by atoms with van der Waals surface area (Å²) in [5.41, 5.74) is 2.43. The topological polar surface area (TPSA) is 3.24 Å². The van der Waals surface area contributed by atoms with Crippen molar-refractivity contribution in [1.29, 1.82) is 0 Å². The molecule has 0 N–H and O–H groups in total. The SMILES string of the molecule is CN(Cc1ccsc1)Cc1ccc(F)c(Br)c1. The quantitative estimate of drug-likeness (QED) is 0.814. The van der Waals surface area contributed by atoms with E-state index in [0.717, 1.165) is 18.7 Å². The van der Waals surface area contributed by atoms with Crippen LogP contribution in [0.5, 0.6) is 0 Å². The zero-order chi connectivity index (χ0) is 12.3. The molecular formula is C13H13BrFNS. The normalized spacial score (nSPS) is 11.1. The highest BCUT2D eigenvalue weighted by Gasteiger charge is 2.04. The highest BCUT2D eigenvalue weighted by molar-refractivity contribution is 9.10. The van der Waals surface area contributed by atoms with E-state index in [9.17, 15) is 4.39 Å². The lowest BCUT2D eigenvalue weighted by atomic mass is 10.2. The van der Waals surface area contributed by atoms with Crippen LogP contribution < -0.4 is 0 Å². The Hall–Kier alpha value is -0.710. The number of nitrogens with zero attached hydrogens (tertiary/aromatic N) is 1. The molecule has 0 unspecified atom stereocenters. The minimum Gasteiger partial charge on any atom is -0.298 e. The largest absolute Gasteiger partial charge is 0.298 e. The molecule has 0 aliphatic rings. The van der Waals surface area contributed by atoms with Gasteiger partial charge in [0.05, 0.1) is 4.47 Å². The predicted molar refractivity (Wildman–Crippen MR) is 73.6 cm³/mol. The zero-order valence-corrected chi connectivity index (χ0v) is 11.9. The van der Waals surface area contributed by atoms with E-state index in [1.54, 1.807) is 11.3 Å². The first-order valence-electron chi connectivity index (χ1n) is 5.28. The first kappa shape index (κ1) is 12.7. The maximum atomic E-state index is 13.1. The van der Waals surface area contributed by atoms with E-state index in [-0.39, 0.29) is 5.82 Å². The molecule has 0 aliphatic carbocycles. The zero-order valence-electron chi connectivity index (χ0n) is 9.49. The van der Waals surface area contributed by atoms with Crippen LogP contribution >= 0.6 is 27.3 Å². The molecule has 0 spiro atoms. The van der Waals surface area contributed by atoms with Crippen molar-refractivity contribution in [2.24, 2.45) is 0 Å². The van der Waals surface area contributed by atoms with E-state index in [2.05, 4.69) is 44.7 Å². The van der Waals surface area contributed by atoms with Crippen LogP contribution in [0.1, 0.15) is 11.1 Å². The van der Waals surface area contributed by atoms with E-state index < -0.39 is 0 Å². The van der Waals surface area contributed by atoms with Crippen LogP contribution in [0, 0.1) is 5.82 Å². The number of hydrogen-bond donors (Lipinski definition) is 0. The van der Waals surface area contributed by atoms with Gasteiger partial charge in [-0.05, 0) is 63.1 Å². The molecule has 0 atom stereocenters. The standard InChI is InChI=1S/C13H13BrFNS/c1-16(8-11-4-5-17-9-11)7-10-2-3-13(15)12(14)6-10/h2-6,9H,7-8H2,1H3. The van der Waals surface area contributed by atoms with Crippen molar-refractivity contribution in [1.82, 2.24) is 4.90 Å². The molecule has 1 heterocycles. The highest BCUT2D eigenvalue weighted by atomic mass is 79.9.